The van der Waals surface area contributed by atoms with Crippen LogP contribution >= 0.6 is 0 Å². The lowest BCUT2D eigenvalue weighted by Crippen LogP contribution is -2.44. The maximum Gasteiger partial charge on any atom is 0.302 e. The highest BCUT2D eigenvalue weighted by Crippen LogP contribution is 2.29. The first-order chi connectivity index (χ1) is 9.44. The molecule has 1 atom stereocenters. The van der Waals surface area contributed by atoms with E-state index in [1.54, 1.807) is 18.2 Å². The summed E-state index contributed by atoms with van der Waals surface area (Å²) in [6.07, 6.45) is 2.84. The average molecular weight is 299 g/mol. The predicted molar refractivity (Wildman–Crippen MR) is 80.0 cm³/mol. The van der Waals surface area contributed by atoms with Gasteiger partial charge < -0.3 is 10.5 Å². The summed E-state index contributed by atoms with van der Waals surface area (Å²) in [4.78, 5) is 0. The number of nitrogens with zero attached hydrogens (tertiary/aromatic N) is 1. The third-order valence-electron chi connectivity index (χ3n) is 3.51. The van der Waals surface area contributed by atoms with Crippen LogP contribution in [0.25, 0.3) is 0 Å². The molecular formula is C13H21N3O3S. The van der Waals surface area contributed by atoms with E-state index < -0.39 is 10.2 Å². The minimum absolute atomic E-state index is 0.00769. The summed E-state index contributed by atoms with van der Waals surface area (Å²) in [7, 11) is -2.09. The summed E-state index contributed by atoms with van der Waals surface area (Å²) in [6.45, 7) is 2.47. The first-order valence-electron chi connectivity index (χ1n) is 6.67. The van der Waals surface area contributed by atoms with Gasteiger partial charge in [-0.1, -0.05) is 6.42 Å². The molecule has 1 aromatic rings. The fourth-order valence-electron chi connectivity index (χ4n) is 2.43. The average Bonchev–Trinajstić information content (AvgIpc) is 2.39. The summed E-state index contributed by atoms with van der Waals surface area (Å²) >= 11 is 0. The zero-order valence-electron chi connectivity index (χ0n) is 11.8. The normalized spacial score (nSPS) is 20.6. The summed E-state index contributed by atoms with van der Waals surface area (Å²) < 4.78 is 34.2. The van der Waals surface area contributed by atoms with Gasteiger partial charge in [-0.05, 0) is 38.0 Å². The molecule has 3 N–H and O–H groups in total. The zero-order chi connectivity index (χ0) is 14.8. The van der Waals surface area contributed by atoms with Gasteiger partial charge in [0.15, 0.2) is 0 Å². The maximum absolute atomic E-state index is 12.5. The molecule has 1 aliphatic heterocycles. The fourth-order valence-corrected chi connectivity index (χ4v) is 3.94. The Labute approximate surface area is 120 Å². The van der Waals surface area contributed by atoms with Crippen molar-refractivity contribution in [1.82, 2.24) is 4.31 Å². The number of nitrogens with one attached hydrogen (secondary N) is 1. The maximum atomic E-state index is 12.5. The SMILES string of the molecule is COc1ccc(N)cc1NS(=O)(=O)N1CCCCC1C. The second-order valence-corrected chi connectivity index (χ2v) is 6.65. The summed E-state index contributed by atoms with van der Waals surface area (Å²) in [5.41, 5.74) is 6.55. The molecular weight excluding hydrogens is 278 g/mol. The number of methoxy groups -OCH3 is 1. The zero-order valence-corrected chi connectivity index (χ0v) is 12.6. The van der Waals surface area contributed by atoms with Crippen molar-refractivity contribution in [2.24, 2.45) is 0 Å². The molecule has 6 nitrogen and oxygen atoms in total. The van der Waals surface area contributed by atoms with Gasteiger partial charge >= 0.3 is 10.2 Å². The van der Waals surface area contributed by atoms with Crippen molar-refractivity contribution >= 4 is 21.6 Å². The molecule has 7 heteroatoms. The molecule has 0 saturated carbocycles. The van der Waals surface area contributed by atoms with Gasteiger partial charge in [-0.25, -0.2) is 0 Å². The van der Waals surface area contributed by atoms with E-state index in [1.165, 1.54) is 11.4 Å². The van der Waals surface area contributed by atoms with Crippen LogP contribution in [0.2, 0.25) is 0 Å². The Morgan fingerprint density at radius 3 is 2.80 bits per heavy atom. The van der Waals surface area contributed by atoms with Crippen LogP contribution in [0.3, 0.4) is 0 Å². The number of benzene rings is 1. The lowest BCUT2D eigenvalue weighted by atomic mass is 10.1. The molecule has 20 heavy (non-hydrogen) atoms. The topological polar surface area (TPSA) is 84.7 Å². The summed E-state index contributed by atoms with van der Waals surface area (Å²) in [5.74, 6) is 0.451. The van der Waals surface area contributed by atoms with Gasteiger partial charge in [-0.2, -0.15) is 12.7 Å². The Bertz CT molecular complexity index is 574. The molecule has 0 spiro atoms. The second-order valence-electron chi connectivity index (χ2n) is 5.02. The lowest BCUT2D eigenvalue weighted by molar-refractivity contribution is 0.270. The molecule has 112 valence electrons. The van der Waals surface area contributed by atoms with E-state index in [0.29, 0.717) is 23.7 Å². The van der Waals surface area contributed by atoms with Gasteiger partial charge in [0, 0.05) is 18.3 Å². The van der Waals surface area contributed by atoms with E-state index in [-0.39, 0.29) is 6.04 Å². The Kier molecular flexibility index (Phi) is 4.39. The standard InChI is InChI=1S/C13H21N3O3S/c1-10-5-3-4-8-16(10)20(17,18)15-12-9-11(14)6-7-13(12)19-2/h6-7,9-10,15H,3-5,8,14H2,1-2H3. The first-order valence-corrected chi connectivity index (χ1v) is 8.11. The van der Waals surface area contributed by atoms with E-state index in [0.717, 1.165) is 19.3 Å². The highest BCUT2D eigenvalue weighted by atomic mass is 32.2. The van der Waals surface area contributed by atoms with Crippen LogP contribution in [0.15, 0.2) is 18.2 Å². The molecule has 1 aliphatic rings. The van der Waals surface area contributed by atoms with Gasteiger partial charge in [0.05, 0.1) is 12.8 Å². The minimum atomic E-state index is -3.59. The monoisotopic (exact) mass is 299 g/mol. The van der Waals surface area contributed by atoms with Crippen molar-refractivity contribution in [1.29, 1.82) is 0 Å². The van der Waals surface area contributed by atoms with Crippen molar-refractivity contribution < 1.29 is 13.2 Å². The van der Waals surface area contributed by atoms with Crippen molar-refractivity contribution in [2.45, 2.75) is 32.2 Å². The molecule has 1 unspecified atom stereocenters. The van der Waals surface area contributed by atoms with Gasteiger partial charge in [0.2, 0.25) is 0 Å². The number of nitrogens with two attached hydrogens (primary N) is 1. The van der Waals surface area contributed by atoms with Crippen LogP contribution in [0.5, 0.6) is 5.75 Å². The van der Waals surface area contributed by atoms with Crippen LogP contribution in [-0.2, 0) is 10.2 Å². The number of ether oxygens (including phenoxy) is 1. The van der Waals surface area contributed by atoms with E-state index >= 15 is 0 Å². The lowest BCUT2D eigenvalue weighted by Gasteiger charge is -2.32. The molecule has 1 fully saturated rings. The summed E-state index contributed by atoms with van der Waals surface area (Å²) in [6, 6.07) is 4.88. The van der Waals surface area contributed by atoms with Crippen LogP contribution in [0.4, 0.5) is 11.4 Å². The number of anilines is 2. The highest BCUT2D eigenvalue weighted by Gasteiger charge is 2.30. The molecule has 1 heterocycles. The second kappa shape index (κ2) is 5.88. The van der Waals surface area contributed by atoms with Crippen molar-refractivity contribution in [3.63, 3.8) is 0 Å². The van der Waals surface area contributed by atoms with Crippen molar-refractivity contribution in [3.8, 4) is 5.75 Å². The molecule has 2 rings (SSSR count). The number of hydrogen-bond donors (Lipinski definition) is 2. The Hall–Kier alpha value is -1.47. The fraction of sp³-hybridized carbons (Fsp3) is 0.538. The predicted octanol–water partition coefficient (Wildman–Crippen LogP) is 1.81. The van der Waals surface area contributed by atoms with Gasteiger partial charge in [-0.3, -0.25) is 4.72 Å². The molecule has 0 aliphatic carbocycles. The van der Waals surface area contributed by atoms with Gasteiger partial charge in [-0.15, -0.1) is 0 Å². The van der Waals surface area contributed by atoms with E-state index in [1.807, 2.05) is 6.92 Å². The third kappa shape index (κ3) is 3.16. The highest BCUT2D eigenvalue weighted by molar-refractivity contribution is 7.90. The van der Waals surface area contributed by atoms with E-state index in [9.17, 15) is 8.42 Å². The van der Waals surface area contributed by atoms with Gasteiger partial charge in [0.25, 0.3) is 0 Å². The van der Waals surface area contributed by atoms with Crippen LogP contribution < -0.4 is 15.2 Å². The number of piperidine rings is 1. The minimum Gasteiger partial charge on any atom is -0.495 e. The first kappa shape index (κ1) is 14.9. The van der Waals surface area contributed by atoms with Crippen LogP contribution in [-0.4, -0.2) is 32.4 Å². The molecule has 0 amide bonds. The third-order valence-corrected chi connectivity index (χ3v) is 5.15. The molecule has 0 bridgehead atoms. The van der Waals surface area contributed by atoms with Crippen LogP contribution in [0, 0.1) is 0 Å². The smallest absolute Gasteiger partial charge is 0.302 e. The molecule has 1 aromatic carbocycles. The Balaban J connectivity index is 2.25. The van der Waals surface area contributed by atoms with Crippen molar-refractivity contribution in [2.75, 3.05) is 24.1 Å². The largest absolute Gasteiger partial charge is 0.495 e. The van der Waals surface area contributed by atoms with Crippen molar-refractivity contribution in [3.05, 3.63) is 18.2 Å². The summed E-state index contributed by atoms with van der Waals surface area (Å²) in [5, 5.41) is 0. The Morgan fingerprint density at radius 1 is 1.40 bits per heavy atom. The molecule has 1 saturated heterocycles. The number of rotatable bonds is 4. The van der Waals surface area contributed by atoms with Gasteiger partial charge in [0.1, 0.15) is 5.75 Å². The van der Waals surface area contributed by atoms with Crippen LogP contribution in [0.1, 0.15) is 26.2 Å². The number of hydrogen-bond acceptors (Lipinski definition) is 4. The Morgan fingerprint density at radius 2 is 2.15 bits per heavy atom. The molecule has 0 radical (unpaired) electrons. The van der Waals surface area contributed by atoms with E-state index in [4.69, 9.17) is 10.5 Å². The molecule has 0 aromatic heterocycles. The quantitative estimate of drug-likeness (QED) is 0.830. The van der Waals surface area contributed by atoms with E-state index in [2.05, 4.69) is 4.72 Å². The number of nitrogen functional groups attached to an aromatic ring is 1.